The monoisotopic (exact) mass is 361 g/mol. The highest BCUT2D eigenvalue weighted by Crippen LogP contribution is 2.23. The predicted molar refractivity (Wildman–Crippen MR) is 107 cm³/mol. The van der Waals surface area contributed by atoms with Crippen molar-refractivity contribution in [1.82, 2.24) is 16.0 Å². The van der Waals surface area contributed by atoms with Gasteiger partial charge < -0.3 is 16.0 Å². The Bertz CT molecular complexity index is 920. The SMILES string of the molecule is C[C@@H](NC(=O)CNC(=O)NCc1ccccc1)c1cccc2ccccc12. The zero-order chi connectivity index (χ0) is 19.1. The maximum Gasteiger partial charge on any atom is 0.315 e. The van der Waals surface area contributed by atoms with Gasteiger partial charge in [-0.25, -0.2) is 4.79 Å². The minimum atomic E-state index is -0.369. The number of carbonyl (C=O) groups is 2. The normalized spacial score (nSPS) is 11.6. The molecule has 0 heterocycles. The zero-order valence-electron chi connectivity index (χ0n) is 15.2. The van der Waals surface area contributed by atoms with Gasteiger partial charge in [0.1, 0.15) is 0 Å². The first-order valence-electron chi connectivity index (χ1n) is 8.96. The number of rotatable bonds is 6. The van der Waals surface area contributed by atoms with Crippen LogP contribution in [0.3, 0.4) is 0 Å². The van der Waals surface area contributed by atoms with E-state index in [-0.39, 0.29) is 24.5 Å². The molecule has 138 valence electrons. The minimum absolute atomic E-state index is 0.0737. The molecule has 27 heavy (non-hydrogen) atoms. The van der Waals surface area contributed by atoms with E-state index < -0.39 is 0 Å². The first-order valence-corrected chi connectivity index (χ1v) is 8.96. The molecule has 3 rings (SSSR count). The Morgan fingerprint density at radius 2 is 1.56 bits per heavy atom. The van der Waals surface area contributed by atoms with Crippen molar-refractivity contribution in [3.8, 4) is 0 Å². The highest BCUT2D eigenvalue weighted by atomic mass is 16.2. The van der Waals surface area contributed by atoms with Crippen LogP contribution in [0.15, 0.2) is 72.8 Å². The molecular weight excluding hydrogens is 338 g/mol. The Morgan fingerprint density at radius 1 is 0.852 bits per heavy atom. The summed E-state index contributed by atoms with van der Waals surface area (Å²) in [5.41, 5.74) is 2.05. The van der Waals surface area contributed by atoms with E-state index in [1.807, 2.05) is 79.7 Å². The third-order valence-corrected chi connectivity index (χ3v) is 4.37. The highest BCUT2D eigenvalue weighted by Gasteiger charge is 2.12. The average molecular weight is 361 g/mol. The summed E-state index contributed by atoms with van der Waals surface area (Å²) in [6.07, 6.45) is 0. The van der Waals surface area contributed by atoms with Crippen LogP contribution in [-0.2, 0) is 11.3 Å². The average Bonchev–Trinajstić information content (AvgIpc) is 2.71. The van der Waals surface area contributed by atoms with Crippen molar-refractivity contribution in [3.63, 3.8) is 0 Å². The summed E-state index contributed by atoms with van der Waals surface area (Å²) in [7, 11) is 0. The summed E-state index contributed by atoms with van der Waals surface area (Å²) in [6.45, 7) is 2.28. The maximum absolute atomic E-state index is 12.2. The third-order valence-electron chi connectivity index (χ3n) is 4.37. The first kappa shape index (κ1) is 18.5. The molecule has 0 aliphatic rings. The topological polar surface area (TPSA) is 70.2 Å². The molecule has 0 bridgehead atoms. The smallest absolute Gasteiger partial charge is 0.315 e. The fourth-order valence-electron chi connectivity index (χ4n) is 3.00. The molecule has 0 saturated heterocycles. The Hall–Kier alpha value is -3.34. The predicted octanol–water partition coefficient (Wildman–Crippen LogP) is 3.52. The molecule has 0 unspecified atom stereocenters. The number of benzene rings is 3. The lowest BCUT2D eigenvalue weighted by molar-refractivity contribution is -0.120. The number of urea groups is 1. The lowest BCUT2D eigenvalue weighted by Gasteiger charge is -2.17. The van der Waals surface area contributed by atoms with Gasteiger partial charge >= 0.3 is 6.03 Å². The van der Waals surface area contributed by atoms with Gasteiger partial charge in [-0.2, -0.15) is 0 Å². The molecule has 5 nitrogen and oxygen atoms in total. The van der Waals surface area contributed by atoms with Crippen molar-refractivity contribution in [3.05, 3.63) is 83.9 Å². The zero-order valence-corrected chi connectivity index (χ0v) is 15.2. The second kappa shape index (κ2) is 8.85. The molecule has 0 radical (unpaired) electrons. The van der Waals surface area contributed by atoms with E-state index in [0.29, 0.717) is 6.54 Å². The summed E-state index contributed by atoms with van der Waals surface area (Å²) in [4.78, 5) is 24.0. The van der Waals surface area contributed by atoms with Crippen molar-refractivity contribution in [2.24, 2.45) is 0 Å². The van der Waals surface area contributed by atoms with Gasteiger partial charge in [-0.3, -0.25) is 4.79 Å². The number of fused-ring (bicyclic) bond motifs is 1. The van der Waals surface area contributed by atoms with Gasteiger partial charge in [-0.1, -0.05) is 72.8 Å². The summed E-state index contributed by atoms with van der Waals surface area (Å²) < 4.78 is 0. The van der Waals surface area contributed by atoms with Crippen molar-refractivity contribution in [1.29, 1.82) is 0 Å². The van der Waals surface area contributed by atoms with E-state index >= 15 is 0 Å². The minimum Gasteiger partial charge on any atom is -0.348 e. The molecule has 0 fully saturated rings. The van der Waals surface area contributed by atoms with Crippen LogP contribution in [0.1, 0.15) is 24.1 Å². The summed E-state index contributed by atoms with van der Waals surface area (Å²) in [6, 6.07) is 23.2. The molecule has 5 heteroatoms. The Balaban J connectivity index is 1.49. The quantitative estimate of drug-likeness (QED) is 0.629. The van der Waals surface area contributed by atoms with Gasteiger partial charge in [-0.05, 0) is 28.8 Å². The Labute approximate surface area is 158 Å². The van der Waals surface area contributed by atoms with Gasteiger partial charge in [0.25, 0.3) is 0 Å². The number of nitrogens with one attached hydrogen (secondary N) is 3. The largest absolute Gasteiger partial charge is 0.348 e. The standard InChI is InChI=1S/C22H23N3O2/c1-16(19-13-7-11-18-10-5-6-12-20(18)19)25-21(26)15-24-22(27)23-14-17-8-3-2-4-9-17/h2-13,16H,14-15H2,1H3,(H,25,26)(H2,23,24,27)/t16-/m1/s1. The molecule has 3 amide bonds. The lowest BCUT2D eigenvalue weighted by Crippen LogP contribution is -2.42. The van der Waals surface area contributed by atoms with Crippen molar-refractivity contribution in [2.45, 2.75) is 19.5 Å². The maximum atomic E-state index is 12.2. The molecule has 0 saturated carbocycles. The van der Waals surface area contributed by atoms with Crippen LogP contribution in [-0.4, -0.2) is 18.5 Å². The van der Waals surface area contributed by atoms with Crippen LogP contribution >= 0.6 is 0 Å². The molecule has 1 atom stereocenters. The fourth-order valence-corrected chi connectivity index (χ4v) is 3.00. The third kappa shape index (κ3) is 5.07. The first-order chi connectivity index (χ1) is 13.1. The second-order valence-corrected chi connectivity index (χ2v) is 6.38. The Kier molecular flexibility index (Phi) is 6.05. The molecule has 3 N–H and O–H groups in total. The second-order valence-electron chi connectivity index (χ2n) is 6.38. The highest BCUT2D eigenvalue weighted by molar-refractivity contribution is 5.88. The van der Waals surface area contributed by atoms with Gasteiger partial charge in [0.15, 0.2) is 0 Å². The number of hydrogen-bond acceptors (Lipinski definition) is 2. The van der Waals surface area contributed by atoms with Crippen LogP contribution in [0.25, 0.3) is 10.8 Å². The molecule has 0 aliphatic carbocycles. The van der Waals surface area contributed by atoms with Crippen LogP contribution in [0.4, 0.5) is 4.79 Å². The van der Waals surface area contributed by atoms with Crippen molar-refractivity contribution in [2.75, 3.05) is 6.54 Å². The van der Waals surface area contributed by atoms with Crippen LogP contribution in [0.2, 0.25) is 0 Å². The van der Waals surface area contributed by atoms with Crippen molar-refractivity contribution >= 4 is 22.7 Å². The molecule has 0 spiro atoms. The summed E-state index contributed by atoms with van der Waals surface area (Å²) in [5.74, 6) is -0.231. The number of hydrogen-bond donors (Lipinski definition) is 3. The lowest BCUT2D eigenvalue weighted by atomic mass is 10.00. The molecular formula is C22H23N3O2. The fraction of sp³-hybridized carbons (Fsp3) is 0.182. The van der Waals surface area contributed by atoms with Crippen LogP contribution < -0.4 is 16.0 Å². The number of carbonyl (C=O) groups excluding carboxylic acids is 2. The summed E-state index contributed by atoms with van der Waals surface area (Å²) >= 11 is 0. The molecule has 0 aliphatic heterocycles. The van der Waals surface area contributed by atoms with Gasteiger partial charge in [0.2, 0.25) is 5.91 Å². The van der Waals surface area contributed by atoms with E-state index in [4.69, 9.17) is 0 Å². The molecule has 0 aromatic heterocycles. The van der Waals surface area contributed by atoms with E-state index in [9.17, 15) is 9.59 Å². The van der Waals surface area contributed by atoms with Crippen LogP contribution in [0, 0.1) is 0 Å². The van der Waals surface area contributed by atoms with Gasteiger partial charge in [-0.15, -0.1) is 0 Å². The Morgan fingerprint density at radius 3 is 2.37 bits per heavy atom. The van der Waals surface area contributed by atoms with Crippen LogP contribution in [0.5, 0.6) is 0 Å². The van der Waals surface area contributed by atoms with Crippen molar-refractivity contribution < 1.29 is 9.59 Å². The van der Waals surface area contributed by atoms with E-state index in [2.05, 4.69) is 16.0 Å². The van der Waals surface area contributed by atoms with E-state index in [1.54, 1.807) is 0 Å². The molecule has 3 aromatic carbocycles. The van der Waals surface area contributed by atoms with Gasteiger partial charge in [0, 0.05) is 6.54 Å². The van der Waals surface area contributed by atoms with E-state index in [1.165, 1.54) is 0 Å². The van der Waals surface area contributed by atoms with Gasteiger partial charge in [0.05, 0.1) is 12.6 Å². The molecule has 3 aromatic rings. The number of amides is 3. The summed E-state index contributed by atoms with van der Waals surface area (Å²) in [5, 5.41) is 10.5. The van der Waals surface area contributed by atoms with E-state index in [0.717, 1.165) is 21.9 Å².